The van der Waals surface area contributed by atoms with Gasteiger partial charge in [-0.2, -0.15) is 0 Å². The highest BCUT2D eigenvalue weighted by molar-refractivity contribution is 6.30. The summed E-state index contributed by atoms with van der Waals surface area (Å²) in [4.78, 5) is 45.6. The van der Waals surface area contributed by atoms with E-state index in [2.05, 4.69) is 15.8 Å². The minimum absolute atomic E-state index is 0.105. The van der Waals surface area contributed by atoms with Crippen molar-refractivity contribution in [2.24, 2.45) is 11.1 Å². The molecule has 1 saturated heterocycles. The molecule has 10 nitrogen and oxygen atoms in total. The van der Waals surface area contributed by atoms with E-state index in [1.54, 1.807) is 54.6 Å². The maximum absolute atomic E-state index is 13.8. The third-order valence-corrected chi connectivity index (χ3v) is 6.91. The SMILES string of the molecule is CC[C@@H](NC(=O)N1C/C(=N/Oc2ccccc2)NC[C@H](Cc2cc(Cl)ccc2OC)C1=O)c1cccc(C(=O)O)c1. The third kappa shape index (κ3) is 7.55. The average molecular weight is 579 g/mol. The third-order valence-electron chi connectivity index (χ3n) is 6.68. The fraction of sp³-hybridized carbons (Fsp3) is 0.267. The number of carboxylic acids is 1. The van der Waals surface area contributed by atoms with Crippen molar-refractivity contribution in [3.05, 3.63) is 94.5 Å². The minimum atomic E-state index is -1.07. The summed E-state index contributed by atoms with van der Waals surface area (Å²) in [5.74, 6) is -0.783. The first-order valence-electron chi connectivity index (χ1n) is 13.1. The van der Waals surface area contributed by atoms with E-state index >= 15 is 0 Å². The predicted molar refractivity (Wildman–Crippen MR) is 154 cm³/mol. The van der Waals surface area contributed by atoms with Crippen molar-refractivity contribution in [2.75, 3.05) is 20.2 Å². The van der Waals surface area contributed by atoms with Crippen LogP contribution in [-0.4, -0.2) is 53.9 Å². The van der Waals surface area contributed by atoms with Crippen molar-refractivity contribution in [3.8, 4) is 11.5 Å². The fourth-order valence-corrected chi connectivity index (χ4v) is 4.72. The zero-order chi connectivity index (χ0) is 29.4. The molecule has 0 aromatic heterocycles. The molecule has 214 valence electrons. The number of carbonyl (C=O) groups is 3. The van der Waals surface area contributed by atoms with Crippen LogP contribution in [0.2, 0.25) is 5.02 Å². The van der Waals surface area contributed by atoms with E-state index in [0.29, 0.717) is 34.3 Å². The fourth-order valence-electron chi connectivity index (χ4n) is 4.52. The van der Waals surface area contributed by atoms with Crippen molar-refractivity contribution in [1.29, 1.82) is 0 Å². The smallest absolute Gasteiger partial charge is 0.335 e. The van der Waals surface area contributed by atoms with Crippen LogP contribution in [0, 0.1) is 5.92 Å². The van der Waals surface area contributed by atoms with Gasteiger partial charge in [0.25, 0.3) is 0 Å². The number of benzene rings is 3. The van der Waals surface area contributed by atoms with Crippen LogP contribution in [0.5, 0.6) is 11.5 Å². The van der Waals surface area contributed by atoms with Gasteiger partial charge in [0.05, 0.1) is 31.2 Å². The van der Waals surface area contributed by atoms with Crippen LogP contribution in [0.15, 0.2) is 78.0 Å². The van der Waals surface area contributed by atoms with Crippen LogP contribution >= 0.6 is 11.6 Å². The molecule has 1 aliphatic rings. The Morgan fingerprint density at radius 3 is 2.63 bits per heavy atom. The van der Waals surface area contributed by atoms with Gasteiger partial charge in [-0.05, 0) is 66.4 Å². The van der Waals surface area contributed by atoms with E-state index in [0.717, 1.165) is 10.5 Å². The van der Waals surface area contributed by atoms with Crippen molar-refractivity contribution in [1.82, 2.24) is 15.5 Å². The summed E-state index contributed by atoms with van der Waals surface area (Å²) in [7, 11) is 1.54. The van der Waals surface area contributed by atoms with Crippen molar-refractivity contribution < 1.29 is 29.1 Å². The normalized spacial score (nSPS) is 16.9. The number of nitrogens with zero attached hydrogens (tertiary/aromatic N) is 2. The summed E-state index contributed by atoms with van der Waals surface area (Å²) in [6.07, 6.45) is 0.723. The van der Waals surface area contributed by atoms with E-state index in [1.165, 1.54) is 19.2 Å². The lowest BCUT2D eigenvalue weighted by atomic mass is 9.97. The van der Waals surface area contributed by atoms with Crippen LogP contribution in [0.4, 0.5) is 4.79 Å². The predicted octanol–water partition coefficient (Wildman–Crippen LogP) is 4.89. The van der Waals surface area contributed by atoms with Gasteiger partial charge in [-0.25, -0.2) is 9.59 Å². The highest BCUT2D eigenvalue weighted by Gasteiger charge is 2.35. The first-order chi connectivity index (χ1) is 19.8. The Morgan fingerprint density at radius 1 is 1.15 bits per heavy atom. The number of nitrogens with one attached hydrogen (secondary N) is 2. The largest absolute Gasteiger partial charge is 0.496 e. The second kappa shape index (κ2) is 13.7. The highest BCUT2D eigenvalue weighted by atomic mass is 35.5. The second-order valence-corrected chi connectivity index (χ2v) is 9.88. The molecule has 3 aromatic carbocycles. The monoisotopic (exact) mass is 578 g/mol. The van der Waals surface area contributed by atoms with Crippen LogP contribution in [0.1, 0.15) is 40.9 Å². The molecule has 0 aliphatic carbocycles. The summed E-state index contributed by atoms with van der Waals surface area (Å²) < 4.78 is 5.47. The second-order valence-electron chi connectivity index (χ2n) is 9.45. The molecule has 11 heteroatoms. The quantitative estimate of drug-likeness (QED) is 0.308. The molecule has 41 heavy (non-hydrogen) atoms. The highest BCUT2D eigenvalue weighted by Crippen LogP contribution is 2.27. The van der Waals surface area contributed by atoms with Crippen molar-refractivity contribution >= 4 is 35.3 Å². The van der Waals surface area contributed by atoms with Gasteiger partial charge in [0.1, 0.15) is 5.75 Å². The van der Waals surface area contributed by atoms with Gasteiger partial charge < -0.3 is 25.3 Å². The number of rotatable bonds is 9. The van der Waals surface area contributed by atoms with Crippen LogP contribution in [0.3, 0.4) is 0 Å². The molecule has 1 heterocycles. The first kappa shape index (κ1) is 29.4. The van der Waals surface area contributed by atoms with E-state index in [-0.39, 0.29) is 25.1 Å². The summed E-state index contributed by atoms with van der Waals surface area (Å²) in [5.41, 5.74) is 1.44. The average Bonchev–Trinajstić information content (AvgIpc) is 3.14. The van der Waals surface area contributed by atoms with Crippen LogP contribution < -0.4 is 20.2 Å². The standard InChI is InChI=1S/C30H31ClN4O6/c1-3-25(19-8-7-9-20(14-19)29(37)38)33-30(39)35-18-27(34-41-24-10-5-4-6-11-24)32-17-22(28(35)36)15-21-16-23(31)12-13-26(21)40-2/h4-14,16,22,25H,3,15,17-18H2,1-2H3,(H,32,34)(H,33,39)(H,37,38)/t22-,25+/m0/s1. The topological polar surface area (TPSA) is 130 Å². The molecule has 1 aliphatic heterocycles. The summed E-state index contributed by atoms with van der Waals surface area (Å²) >= 11 is 6.22. The Morgan fingerprint density at radius 2 is 1.93 bits per heavy atom. The summed E-state index contributed by atoms with van der Waals surface area (Å²) in [6.45, 7) is 1.89. The minimum Gasteiger partial charge on any atom is -0.496 e. The van der Waals surface area contributed by atoms with Crippen LogP contribution in [-0.2, 0) is 11.2 Å². The van der Waals surface area contributed by atoms with Gasteiger partial charge >= 0.3 is 12.0 Å². The van der Waals surface area contributed by atoms with Gasteiger partial charge in [0, 0.05) is 11.6 Å². The van der Waals surface area contributed by atoms with Gasteiger partial charge in [-0.3, -0.25) is 9.69 Å². The number of ether oxygens (including phenoxy) is 1. The molecule has 0 unspecified atom stereocenters. The van der Waals surface area contributed by atoms with E-state index in [4.69, 9.17) is 21.2 Å². The Hall–Kier alpha value is -4.57. The van der Waals surface area contributed by atoms with E-state index in [1.807, 2.05) is 13.0 Å². The first-order valence-corrected chi connectivity index (χ1v) is 13.5. The number of aromatic carboxylic acids is 1. The van der Waals surface area contributed by atoms with Crippen molar-refractivity contribution in [2.45, 2.75) is 25.8 Å². The zero-order valence-electron chi connectivity index (χ0n) is 22.7. The number of methoxy groups -OCH3 is 1. The number of amides is 3. The Bertz CT molecular complexity index is 1430. The lowest BCUT2D eigenvalue weighted by Crippen LogP contribution is -2.48. The number of para-hydroxylation sites is 1. The number of halogens is 1. The van der Waals surface area contributed by atoms with E-state index in [9.17, 15) is 19.5 Å². The number of amidine groups is 1. The van der Waals surface area contributed by atoms with Gasteiger partial charge in [-0.15, -0.1) is 0 Å². The molecular weight excluding hydrogens is 548 g/mol. The number of hydrogen-bond acceptors (Lipinski definition) is 6. The number of carbonyl (C=O) groups excluding carboxylic acids is 2. The molecule has 3 amide bonds. The maximum Gasteiger partial charge on any atom is 0.335 e. The Labute approximate surface area is 242 Å². The van der Waals surface area contributed by atoms with Crippen molar-refractivity contribution in [3.63, 3.8) is 0 Å². The van der Waals surface area contributed by atoms with Crippen LogP contribution in [0.25, 0.3) is 0 Å². The number of imide groups is 1. The summed E-state index contributed by atoms with van der Waals surface area (Å²) in [6, 6.07) is 19.3. The zero-order valence-corrected chi connectivity index (χ0v) is 23.4. The van der Waals surface area contributed by atoms with Gasteiger partial charge in [0.15, 0.2) is 11.6 Å². The number of carboxylic acid groups (broad SMARTS) is 1. The molecule has 0 saturated carbocycles. The molecule has 1 fully saturated rings. The number of urea groups is 1. The maximum atomic E-state index is 13.8. The molecule has 0 spiro atoms. The molecular formula is C30H31ClN4O6. The molecule has 2 atom stereocenters. The van der Waals surface area contributed by atoms with Gasteiger partial charge in [-0.1, -0.05) is 54.0 Å². The number of hydrogen-bond donors (Lipinski definition) is 3. The summed E-state index contributed by atoms with van der Waals surface area (Å²) in [5, 5.41) is 20.1. The van der Waals surface area contributed by atoms with E-state index < -0.39 is 29.9 Å². The Kier molecular flexibility index (Phi) is 9.81. The molecule has 4 rings (SSSR count). The lowest BCUT2D eigenvalue weighted by molar-refractivity contribution is -0.131. The Balaban J connectivity index is 1.61. The lowest BCUT2D eigenvalue weighted by Gasteiger charge is -2.26. The molecule has 0 radical (unpaired) electrons. The molecule has 0 bridgehead atoms. The molecule has 3 N–H and O–H groups in total. The molecule has 3 aromatic rings. The number of oxime groups is 1. The van der Waals surface area contributed by atoms with Gasteiger partial charge in [0.2, 0.25) is 5.91 Å².